The van der Waals surface area contributed by atoms with E-state index in [0.717, 1.165) is 47.9 Å². The Morgan fingerprint density at radius 2 is 2.09 bits per heavy atom. The maximum absolute atomic E-state index is 12.2. The molecule has 1 amide bonds. The predicted molar refractivity (Wildman–Crippen MR) is 86.3 cm³/mol. The summed E-state index contributed by atoms with van der Waals surface area (Å²) in [4.78, 5) is 12.2. The summed E-state index contributed by atoms with van der Waals surface area (Å²) in [6.45, 7) is 6.80. The lowest BCUT2D eigenvalue weighted by atomic mass is 10.1. The summed E-state index contributed by atoms with van der Waals surface area (Å²) in [6, 6.07) is 5.75. The van der Waals surface area contributed by atoms with E-state index in [1.165, 1.54) is 0 Å². The average Bonchev–Trinajstić information content (AvgIpc) is 3.09. The minimum atomic E-state index is -0.177. The van der Waals surface area contributed by atoms with Crippen molar-refractivity contribution < 1.29 is 9.53 Å². The fourth-order valence-corrected chi connectivity index (χ4v) is 3.01. The third kappa shape index (κ3) is 3.21. The first-order valence-electron chi connectivity index (χ1n) is 7.96. The standard InChI is InChI=1S/C17H22N4O2/c1-11-6-4-7-12(2)16(11)23-10-15(22)18-13(3)17-20-19-14-8-5-9-21(14)17/h4,6-7,13H,5,8-10H2,1-3H3,(H,18,22)/t13-/m0/s1. The highest BCUT2D eigenvalue weighted by molar-refractivity contribution is 5.78. The zero-order chi connectivity index (χ0) is 16.4. The molecular weight excluding hydrogens is 292 g/mol. The molecule has 6 nitrogen and oxygen atoms in total. The van der Waals surface area contributed by atoms with E-state index in [-0.39, 0.29) is 18.6 Å². The molecule has 2 aromatic rings. The number of hydrogen-bond acceptors (Lipinski definition) is 4. The Morgan fingerprint density at radius 1 is 1.35 bits per heavy atom. The van der Waals surface area contributed by atoms with Crippen LogP contribution < -0.4 is 10.1 Å². The second kappa shape index (κ2) is 6.40. The van der Waals surface area contributed by atoms with Crippen LogP contribution in [0.4, 0.5) is 0 Å². The van der Waals surface area contributed by atoms with E-state index < -0.39 is 0 Å². The molecule has 1 atom stereocenters. The van der Waals surface area contributed by atoms with Crippen LogP contribution in [0.5, 0.6) is 5.75 Å². The Balaban J connectivity index is 1.59. The number of para-hydroxylation sites is 1. The molecule has 1 aliphatic rings. The van der Waals surface area contributed by atoms with Gasteiger partial charge in [0.1, 0.15) is 11.6 Å². The summed E-state index contributed by atoms with van der Waals surface area (Å²) in [7, 11) is 0. The smallest absolute Gasteiger partial charge is 0.258 e. The lowest BCUT2D eigenvalue weighted by Crippen LogP contribution is -2.32. The zero-order valence-electron chi connectivity index (χ0n) is 13.8. The Hall–Kier alpha value is -2.37. The van der Waals surface area contributed by atoms with Crippen LogP contribution in [0.3, 0.4) is 0 Å². The topological polar surface area (TPSA) is 69.0 Å². The van der Waals surface area contributed by atoms with Crippen LogP contribution in [0, 0.1) is 13.8 Å². The molecule has 0 unspecified atom stereocenters. The van der Waals surface area contributed by atoms with Gasteiger partial charge in [0.2, 0.25) is 0 Å². The highest BCUT2D eigenvalue weighted by Gasteiger charge is 2.22. The van der Waals surface area contributed by atoms with Crippen molar-refractivity contribution >= 4 is 5.91 Å². The number of hydrogen-bond donors (Lipinski definition) is 1. The Labute approximate surface area is 135 Å². The van der Waals surface area contributed by atoms with Crippen molar-refractivity contribution in [1.29, 1.82) is 0 Å². The molecule has 0 saturated heterocycles. The number of ether oxygens (including phenoxy) is 1. The number of rotatable bonds is 5. The van der Waals surface area contributed by atoms with Gasteiger partial charge in [0.05, 0.1) is 6.04 Å². The molecule has 0 radical (unpaired) electrons. The molecule has 1 N–H and O–H groups in total. The molecule has 2 heterocycles. The van der Waals surface area contributed by atoms with Gasteiger partial charge in [-0.1, -0.05) is 18.2 Å². The van der Waals surface area contributed by atoms with Crippen molar-refractivity contribution in [2.75, 3.05) is 6.61 Å². The van der Waals surface area contributed by atoms with Crippen LogP contribution in [-0.2, 0) is 17.8 Å². The zero-order valence-corrected chi connectivity index (χ0v) is 13.8. The van der Waals surface area contributed by atoms with Gasteiger partial charge in [-0.2, -0.15) is 0 Å². The first-order chi connectivity index (χ1) is 11.1. The molecule has 122 valence electrons. The fraction of sp³-hybridized carbons (Fsp3) is 0.471. The second-order valence-corrected chi connectivity index (χ2v) is 6.03. The van der Waals surface area contributed by atoms with Gasteiger partial charge in [-0.25, -0.2) is 0 Å². The highest BCUT2D eigenvalue weighted by atomic mass is 16.5. The van der Waals surface area contributed by atoms with E-state index in [2.05, 4.69) is 20.1 Å². The highest BCUT2D eigenvalue weighted by Crippen LogP contribution is 2.22. The predicted octanol–water partition coefficient (Wildman–Crippen LogP) is 2.10. The number of nitrogens with one attached hydrogen (secondary N) is 1. The molecule has 6 heteroatoms. The monoisotopic (exact) mass is 314 g/mol. The van der Waals surface area contributed by atoms with Crippen molar-refractivity contribution in [2.24, 2.45) is 0 Å². The van der Waals surface area contributed by atoms with E-state index in [9.17, 15) is 4.79 Å². The quantitative estimate of drug-likeness (QED) is 0.917. The van der Waals surface area contributed by atoms with Crippen LogP contribution in [0.1, 0.15) is 42.2 Å². The van der Waals surface area contributed by atoms with Crippen molar-refractivity contribution in [3.8, 4) is 5.75 Å². The van der Waals surface area contributed by atoms with Crippen LogP contribution in [0.25, 0.3) is 0 Å². The van der Waals surface area contributed by atoms with Gasteiger partial charge in [-0.3, -0.25) is 4.79 Å². The number of aromatic nitrogens is 3. The molecule has 0 aliphatic carbocycles. The van der Waals surface area contributed by atoms with Gasteiger partial charge >= 0.3 is 0 Å². The molecule has 0 fully saturated rings. The van der Waals surface area contributed by atoms with E-state index in [0.29, 0.717) is 0 Å². The summed E-state index contributed by atoms with van der Waals surface area (Å²) >= 11 is 0. The van der Waals surface area contributed by atoms with Gasteiger partial charge in [-0.15, -0.1) is 10.2 Å². The second-order valence-electron chi connectivity index (χ2n) is 6.03. The Kier molecular flexibility index (Phi) is 4.32. The van der Waals surface area contributed by atoms with Gasteiger partial charge in [0, 0.05) is 13.0 Å². The Bertz CT molecular complexity index is 703. The van der Waals surface area contributed by atoms with Crippen molar-refractivity contribution in [3.05, 3.63) is 41.0 Å². The van der Waals surface area contributed by atoms with Crippen LogP contribution in [-0.4, -0.2) is 27.3 Å². The van der Waals surface area contributed by atoms with E-state index in [1.807, 2.05) is 39.0 Å². The van der Waals surface area contributed by atoms with Crippen LogP contribution in [0.15, 0.2) is 18.2 Å². The number of nitrogens with zero attached hydrogens (tertiary/aromatic N) is 3. The average molecular weight is 314 g/mol. The molecule has 1 aromatic carbocycles. The third-order valence-electron chi connectivity index (χ3n) is 4.16. The number of amides is 1. The largest absolute Gasteiger partial charge is 0.483 e. The first kappa shape index (κ1) is 15.5. The molecule has 0 saturated carbocycles. The maximum atomic E-state index is 12.2. The summed E-state index contributed by atoms with van der Waals surface area (Å²) in [6.07, 6.45) is 2.05. The molecular formula is C17H22N4O2. The molecule has 3 rings (SSSR count). The van der Waals surface area contributed by atoms with Gasteiger partial charge < -0.3 is 14.6 Å². The molecule has 23 heavy (non-hydrogen) atoms. The van der Waals surface area contributed by atoms with Gasteiger partial charge in [0.25, 0.3) is 5.91 Å². The summed E-state index contributed by atoms with van der Waals surface area (Å²) in [5.74, 6) is 2.44. The Morgan fingerprint density at radius 3 is 2.83 bits per heavy atom. The SMILES string of the molecule is Cc1cccc(C)c1OCC(=O)N[C@@H](C)c1nnc2n1CCC2. The maximum Gasteiger partial charge on any atom is 0.258 e. The number of carbonyl (C=O) groups excluding carboxylic acids is 1. The summed E-state index contributed by atoms with van der Waals surface area (Å²) in [5, 5.41) is 11.3. The van der Waals surface area contributed by atoms with Crippen LogP contribution in [0.2, 0.25) is 0 Å². The first-order valence-corrected chi connectivity index (χ1v) is 7.96. The lowest BCUT2D eigenvalue weighted by Gasteiger charge is -2.15. The fourth-order valence-electron chi connectivity index (χ4n) is 3.01. The molecule has 1 aromatic heterocycles. The number of carbonyl (C=O) groups is 1. The minimum absolute atomic E-state index is 0.00295. The lowest BCUT2D eigenvalue weighted by molar-refractivity contribution is -0.123. The van der Waals surface area contributed by atoms with Gasteiger partial charge in [-0.05, 0) is 38.3 Å². The van der Waals surface area contributed by atoms with E-state index in [1.54, 1.807) is 0 Å². The van der Waals surface area contributed by atoms with Crippen molar-refractivity contribution in [2.45, 2.75) is 46.2 Å². The number of benzene rings is 1. The molecule has 0 bridgehead atoms. The number of aryl methyl sites for hydroxylation is 3. The minimum Gasteiger partial charge on any atom is -0.483 e. The van der Waals surface area contributed by atoms with Crippen molar-refractivity contribution in [1.82, 2.24) is 20.1 Å². The number of fused-ring (bicyclic) bond motifs is 1. The third-order valence-corrected chi connectivity index (χ3v) is 4.16. The summed E-state index contributed by atoms with van der Waals surface area (Å²) in [5.41, 5.74) is 2.06. The van der Waals surface area contributed by atoms with E-state index >= 15 is 0 Å². The summed E-state index contributed by atoms with van der Waals surface area (Å²) < 4.78 is 7.78. The van der Waals surface area contributed by atoms with Crippen molar-refractivity contribution in [3.63, 3.8) is 0 Å². The molecule has 0 spiro atoms. The normalized spacial score (nSPS) is 14.4. The van der Waals surface area contributed by atoms with Crippen LogP contribution >= 0.6 is 0 Å². The van der Waals surface area contributed by atoms with E-state index in [4.69, 9.17) is 4.74 Å². The van der Waals surface area contributed by atoms with Gasteiger partial charge in [0.15, 0.2) is 12.4 Å². The molecule has 1 aliphatic heterocycles.